The zero-order chi connectivity index (χ0) is 76.5. The van der Waals surface area contributed by atoms with Crippen LogP contribution in [0.4, 0.5) is 0 Å². The van der Waals surface area contributed by atoms with E-state index in [2.05, 4.69) is 0 Å². The molecule has 108 heavy (non-hydrogen) atoms. The molecular formula is C80H72O28. The van der Waals surface area contributed by atoms with E-state index in [4.69, 9.17) is 94.7 Å². The Kier molecular flexibility index (Phi) is 20.9. The third-order valence-electron chi connectivity index (χ3n) is 19.4. The van der Waals surface area contributed by atoms with Crippen LogP contribution in [0, 0.1) is 0 Å². The zero-order valence-electron chi connectivity index (χ0n) is 60.6. The molecule has 0 fully saturated rings. The predicted molar refractivity (Wildman–Crippen MR) is 374 cm³/mol. The lowest BCUT2D eigenvalue weighted by Crippen LogP contribution is -2.25. The lowest BCUT2D eigenvalue weighted by molar-refractivity contribution is 0.0580. The van der Waals surface area contributed by atoms with Crippen LogP contribution in [-0.2, 0) is 64.3 Å². The molecule has 0 N–H and O–H groups in total. The maximum absolute atomic E-state index is 13.2. The average molecular weight is 1480 g/mol. The molecule has 0 unspecified atom stereocenters. The molecule has 0 saturated heterocycles. The van der Waals surface area contributed by atoms with E-state index in [1.54, 1.807) is 0 Å². The molecule has 8 aromatic carbocycles. The molecule has 0 saturated carbocycles. The van der Waals surface area contributed by atoms with Crippen LogP contribution in [0.25, 0.3) is 0 Å². The van der Waals surface area contributed by atoms with Crippen molar-refractivity contribution < 1.29 is 133 Å². The van der Waals surface area contributed by atoms with E-state index in [9.17, 15) is 38.4 Å². The van der Waals surface area contributed by atoms with E-state index in [1.807, 2.05) is 52.0 Å². The summed E-state index contributed by atoms with van der Waals surface area (Å²) in [6.45, 7) is 4.51. The number of ether oxygens (including phenoxy) is 20. The van der Waals surface area contributed by atoms with Gasteiger partial charge in [0.1, 0.15) is 95.4 Å². The molecule has 4 aliphatic heterocycles. The first kappa shape index (κ1) is 73.4. The summed E-state index contributed by atoms with van der Waals surface area (Å²) in [6.07, 6.45) is 0. The summed E-state index contributed by atoms with van der Waals surface area (Å²) in [7, 11) is 9.61. The zero-order valence-corrected chi connectivity index (χ0v) is 60.6. The van der Waals surface area contributed by atoms with E-state index in [1.165, 1.54) is 130 Å². The molecular weight excluding hydrogens is 1410 g/mol. The topological polar surface area (TPSA) is 321 Å². The van der Waals surface area contributed by atoms with E-state index >= 15 is 0 Å². The number of benzene rings is 8. The van der Waals surface area contributed by atoms with Crippen LogP contribution in [0.2, 0.25) is 0 Å². The minimum absolute atomic E-state index is 0.0146. The second kappa shape index (κ2) is 30.7. The summed E-state index contributed by atoms with van der Waals surface area (Å²) >= 11 is 0. The van der Waals surface area contributed by atoms with Crippen molar-refractivity contribution in [3.05, 3.63) is 208 Å². The quantitative estimate of drug-likeness (QED) is 0.0505. The van der Waals surface area contributed by atoms with E-state index in [0.29, 0.717) is 66.8 Å². The standard InChI is InChI=1S/C80H72O28/c1-37-53-25-55-38(2)57-27-59-40(4)60-28-58-39(3)56-26-54(37)66-62(30-98-50-19-43(75(83)91-7)14-44(20-50)76(84)92-8)68(56)104-35-106-70(58)64(32-100-52-23-47(79(87)95-11)16-48(24-52)80(88)96-12)72(60)108-36-107-71(59)63(31-99-51-21-45(77(85)93-9)15-46(22-51)78(86)94-10)69(57)105-34-103-67(55)61(65(53)101-33-102-66)29-97-49-17-41(73(81)89-5)13-42(18-49)74(82)90-6/h13-28,37-40H,29-36H2,1-12H3. The Bertz CT molecular complexity index is 4150. The van der Waals surface area contributed by atoms with Crippen LogP contribution in [0.3, 0.4) is 0 Å². The Morgan fingerprint density at radius 3 is 0.509 bits per heavy atom. The first-order chi connectivity index (χ1) is 52.1. The maximum Gasteiger partial charge on any atom is 0.338 e. The molecule has 28 heteroatoms. The van der Waals surface area contributed by atoms with Crippen molar-refractivity contribution >= 4 is 47.8 Å². The predicted octanol–water partition coefficient (Wildman–Crippen LogP) is 12.1. The molecule has 13 rings (SSSR count). The van der Waals surface area contributed by atoms with Gasteiger partial charge in [-0.25, -0.2) is 38.4 Å². The molecule has 0 atom stereocenters. The van der Waals surface area contributed by atoms with Crippen LogP contribution in [0.5, 0.6) is 69.0 Å². The molecule has 8 aromatic rings. The molecule has 0 spiro atoms. The van der Waals surface area contributed by atoms with Crippen molar-refractivity contribution in [2.24, 2.45) is 0 Å². The molecule has 0 aromatic heterocycles. The summed E-state index contributed by atoms with van der Waals surface area (Å²) in [5.74, 6) is -6.71. The molecule has 0 amide bonds. The van der Waals surface area contributed by atoms with Crippen LogP contribution in [0.1, 0.15) is 201 Å². The maximum atomic E-state index is 13.2. The van der Waals surface area contributed by atoms with E-state index in [-0.39, 0.29) is 140 Å². The minimum Gasteiger partial charge on any atom is -0.489 e. The minimum atomic E-state index is -0.760. The van der Waals surface area contributed by atoms with Crippen molar-refractivity contribution in [3.63, 3.8) is 0 Å². The second-order valence-corrected chi connectivity index (χ2v) is 25.4. The fourth-order valence-electron chi connectivity index (χ4n) is 14.0. The number of hydrogen-bond donors (Lipinski definition) is 0. The SMILES string of the molecule is COC(=O)c1cc(OCc2c3c4cc5c2OCOc2c(cc6c(c2COc2cc(C(=O)OC)cc(C(=O)OC)c2)OCOc2c(cc7c(c2COc2cc(C(=O)OC)cc(C(=O)OC)c2)OCOc2c(cc(c(c2COc2cc(C(=O)OC)cc(C(=O)OC)c2)OCO3)C4C)C7C)C6C)C5C)cc(C(=O)OC)c1. The Labute approximate surface area is 617 Å². The molecule has 5 aliphatic rings. The van der Waals surface area contributed by atoms with Gasteiger partial charge < -0.3 is 94.7 Å². The summed E-state index contributed by atoms with van der Waals surface area (Å²) in [5, 5.41) is 0. The highest BCUT2D eigenvalue weighted by molar-refractivity contribution is 5.99. The highest BCUT2D eigenvalue weighted by Gasteiger charge is 2.41. The van der Waals surface area contributed by atoms with Gasteiger partial charge in [-0.05, 0) is 97.1 Å². The first-order valence-electron chi connectivity index (χ1n) is 33.7. The van der Waals surface area contributed by atoms with Crippen molar-refractivity contribution in [1.29, 1.82) is 0 Å². The monoisotopic (exact) mass is 1480 g/mol. The Morgan fingerprint density at radius 2 is 0.380 bits per heavy atom. The van der Waals surface area contributed by atoms with Crippen LogP contribution < -0.4 is 56.8 Å². The van der Waals surface area contributed by atoms with Gasteiger partial charge in [0.25, 0.3) is 0 Å². The summed E-state index contributed by atoms with van der Waals surface area (Å²) in [4.78, 5) is 106. The number of carbonyl (C=O) groups is 8. The number of hydrogen-bond acceptors (Lipinski definition) is 28. The molecule has 0 radical (unpaired) electrons. The van der Waals surface area contributed by atoms with Gasteiger partial charge in [-0.2, -0.15) is 0 Å². The van der Waals surface area contributed by atoms with Gasteiger partial charge in [0.05, 0.1) is 124 Å². The van der Waals surface area contributed by atoms with Gasteiger partial charge in [0, 0.05) is 68.2 Å². The average Bonchev–Trinajstić information content (AvgIpc) is 0.725. The smallest absolute Gasteiger partial charge is 0.338 e. The Morgan fingerprint density at radius 1 is 0.241 bits per heavy atom. The molecule has 4 heterocycles. The normalized spacial score (nSPS) is 15.7. The van der Waals surface area contributed by atoms with Crippen molar-refractivity contribution in [1.82, 2.24) is 0 Å². The third-order valence-corrected chi connectivity index (χ3v) is 19.4. The van der Waals surface area contributed by atoms with E-state index < -0.39 is 98.6 Å². The molecule has 1 aliphatic carbocycles. The van der Waals surface area contributed by atoms with Gasteiger partial charge >= 0.3 is 47.8 Å². The second-order valence-electron chi connectivity index (χ2n) is 25.4. The number of rotatable bonds is 20. The highest BCUT2D eigenvalue weighted by atomic mass is 16.7. The summed E-state index contributed by atoms with van der Waals surface area (Å²) in [6, 6.07) is 24.5. The number of carbonyl (C=O) groups excluding carboxylic acids is 8. The van der Waals surface area contributed by atoms with Crippen molar-refractivity contribution in [2.75, 3.05) is 84.1 Å². The summed E-state index contributed by atoms with van der Waals surface area (Å²) < 4.78 is 122. The highest BCUT2D eigenvalue weighted by Crippen LogP contribution is 2.57. The van der Waals surface area contributed by atoms with Crippen LogP contribution >= 0.6 is 0 Å². The van der Waals surface area contributed by atoms with Crippen LogP contribution in [-0.4, -0.2) is 132 Å². The third kappa shape index (κ3) is 13.8. The number of methoxy groups -OCH3 is 8. The molecule has 8 bridgehead atoms. The lowest BCUT2D eigenvalue weighted by atomic mass is 9.78. The van der Waals surface area contributed by atoms with Gasteiger partial charge in [-0.15, -0.1) is 0 Å². The first-order valence-corrected chi connectivity index (χ1v) is 33.7. The van der Waals surface area contributed by atoms with Gasteiger partial charge in [0.2, 0.25) is 27.2 Å². The Balaban J connectivity index is 1.09. The molecule has 560 valence electrons. The Hall–Kier alpha value is -12.9. The summed E-state index contributed by atoms with van der Waals surface area (Å²) in [5.41, 5.74) is 5.90. The van der Waals surface area contributed by atoms with Crippen molar-refractivity contribution in [3.8, 4) is 69.0 Å². The fraction of sp³-hybridized carbons (Fsp3) is 0.300. The van der Waals surface area contributed by atoms with Gasteiger partial charge in [-0.1, -0.05) is 27.7 Å². The van der Waals surface area contributed by atoms with E-state index in [0.717, 1.165) is 0 Å². The van der Waals surface area contributed by atoms with Gasteiger partial charge in [-0.3, -0.25) is 0 Å². The van der Waals surface area contributed by atoms with Crippen LogP contribution in [0.15, 0.2) is 97.1 Å². The fourth-order valence-corrected chi connectivity index (χ4v) is 14.0. The molecule has 28 nitrogen and oxygen atoms in total. The van der Waals surface area contributed by atoms with Crippen molar-refractivity contribution in [2.45, 2.75) is 77.8 Å². The number of esters is 8. The largest absolute Gasteiger partial charge is 0.489 e. The lowest BCUT2D eigenvalue weighted by Gasteiger charge is -2.36. The van der Waals surface area contributed by atoms with Gasteiger partial charge in [0.15, 0.2) is 0 Å².